The molecule has 6 nitrogen and oxygen atoms in total. The summed E-state index contributed by atoms with van der Waals surface area (Å²) in [5.74, 6) is 0.279. The van der Waals surface area contributed by atoms with E-state index in [4.69, 9.17) is 14.6 Å². The Balaban J connectivity index is 2.12. The van der Waals surface area contributed by atoms with E-state index in [-0.39, 0.29) is 5.56 Å². The number of carbonyl (C=O) groups is 1. The van der Waals surface area contributed by atoms with Crippen LogP contribution in [0, 0.1) is 0 Å². The highest BCUT2D eigenvalue weighted by atomic mass is 16.5. The molecule has 0 aliphatic rings. The Labute approximate surface area is 126 Å². The molecule has 1 heterocycles. The van der Waals surface area contributed by atoms with Crippen molar-refractivity contribution in [2.45, 2.75) is 0 Å². The molecular weight excluding hydrogens is 284 g/mol. The maximum Gasteiger partial charge on any atom is 0.335 e. The minimum Gasteiger partial charge on any atom is -0.493 e. The summed E-state index contributed by atoms with van der Waals surface area (Å²) >= 11 is 0. The van der Waals surface area contributed by atoms with Crippen LogP contribution in [0.3, 0.4) is 0 Å². The van der Waals surface area contributed by atoms with Crippen molar-refractivity contribution in [1.82, 2.24) is 10.2 Å². The van der Waals surface area contributed by atoms with E-state index in [0.717, 1.165) is 16.6 Å². The first-order valence-electron chi connectivity index (χ1n) is 6.58. The monoisotopic (exact) mass is 298 g/mol. The molecule has 0 atom stereocenters. The van der Waals surface area contributed by atoms with E-state index < -0.39 is 5.97 Å². The molecule has 0 bridgehead atoms. The molecule has 22 heavy (non-hydrogen) atoms. The van der Waals surface area contributed by atoms with Gasteiger partial charge in [-0.15, -0.1) is 0 Å². The molecule has 3 aromatic rings. The molecule has 0 radical (unpaired) electrons. The zero-order valence-electron chi connectivity index (χ0n) is 12.1. The van der Waals surface area contributed by atoms with Crippen molar-refractivity contribution in [3.8, 4) is 22.8 Å². The van der Waals surface area contributed by atoms with Crippen LogP contribution in [0.5, 0.6) is 11.5 Å². The predicted octanol–water partition coefficient (Wildman–Crippen LogP) is 2.95. The van der Waals surface area contributed by atoms with Crippen molar-refractivity contribution < 1.29 is 19.4 Å². The highest BCUT2D eigenvalue weighted by Crippen LogP contribution is 2.34. The summed E-state index contributed by atoms with van der Waals surface area (Å²) in [5, 5.41) is 17.0. The van der Waals surface area contributed by atoms with Crippen molar-refractivity contribution in [2.75, 3.05) is 14.2 Å². The lowest BCUT2D eigenvalue weighted by Gasteiger charge is -2.08. The van der Waals surface area contributed by atoms with Crippen molar-refractivity contribution >= 4 is 16.9 Å². The lowest BCUT2D eigenvalue weighted by molar-refractivity contribution is 0.0697. The fourth-order valence-corrected chi connectivity index (χ4v) is 2.36. The zero-order chi connectivity index (χ0) is 15.7. The molecule has 0 saturated carbocycles. The van der Waals surface area contributed by atoms with E-state index in [1.807, 2.05) is 12.1 Å². The molecule has 2 N–H and O–H groups in total. The summed E-state index contributed by atoms with van der Waals surface area (Å²) in [4.78, 5) is 11.0. The maximum atomic E-state index is 11.0. The van der Waals surface area contributed by atoms with Crippen LogP contribution in [-0.2, 0) is 0 Å². The van der Waals surface area contributed by atoms with Crippen molar-refractivity contribution in [2.24, 2.45) is 0 Å². The third kappa shape index (κ3) is 2.24. The number of methoxy groups -OCH3 is 2. The third-order valence-electron chi connectivity index (χ3n) is 3.47. The van der Waals surface area contributed by atoms with Gasteiger partial charge in [0.05, 0.1) is 25.3 Å². The Bertz CT molecular complexity index is 854. The maximum absolute atomic E-state index is 11.0. The van der Waals surface area contributed by atoms with Crippen LogP contribution in [0.15, 0.2) is 36.4 Å². The van der Waals surface area contributed by atoms with E-state index in [2.05, 4.69) is 10.2 Å². The van der Waals surface area contributed by atoms with Gasteiger partial charge < -0.3 is 14.6 Å². The Morgan fingerprint density at radius 1 is 1.09 bits per heavy atom. The number of fused-ring (bicyclic) bond motifs is 1. The van der Waals surface area contributed by atoms with Gasteiger partial charge in [-0.2, -0.15) is 5.10 Å². The standard InChI is InChI=1S/C16H14N2O4/c1-21-13-6-4-9(8-14(13)22-2)15-11-5-3-10(16(19)20)7-12(11)17-18-15/h3-8H,1-2H3,(H,17,18)(H,19,20). The summed E-state index contributed by atoms with van der Waals surface area (Å²) in [5.41, 5.74) is 2.47. The molecule has 0 saturated heterocycles. The molecule has 112 valence electrons. The van der Waals surface area contributed by atoms with Gasteiger partial charge in [-0.25, -0.2) is 4.79 Å². The number of aromatic nitrogens is 2. The number of aromatic carboxylic acids is 1. The number of ether oxygens (including phenoxy) is 2. The lowest BCUT2D eigenvalue weighted by Crippen LogP contribution is -1.94. The number of nitrogens with one attached hydrogen (secondary N) is 1. The lowest BCUT2D eigenvalue weighted by atomic mass is 10.1. The van der Waals surface area contributed by atoms with Gasteiger partial charge >= 0.3 is 5.97 Å². The van der Waals surface area contributed by atoms with Crippen LogP contribution in [0.2, 0.25) is 0 Å². The quantitative estimate of drug-likeness (QED) is 0.773. The van der Waals surface area contributed by atoms with Gasteiger partial charge in [-0.3, -0.25) is 5.10 Å². The van der Waals surface area contributed by atoms with Crippen molar-refractivity contribution in [3.05, 3.63) is 42.0 Å². The Morgan fingerprint density at radius 2 is 1.86 bits per heavy atom. The Kier molecular flexibility index (Phi) is 3.42. The highest BCUT2D eigenvalue weighted by molar-refractivity contribution is 5.98. The average molecular weight is 298 g/mol. The van der Waals surface area contributed by atoms with Crippen molar-refractivity contribution in [3.63, 3.8) is 0 Å². The van der Waals surface area contributed by atoms with Crippen LogP contribution in [0.25, 0.3) is 22.2 Å². The van der Waals surface area contributed by atoms with E-state index in [9.17, 15) is 4.79 Å². The second-order valence-corrected chi connectivity index (χ2v) is 4.71. The van der Waals surface area contributed by atoms with Gasteiger partial charge in [-0.05, 0) is 36.4 Å². The SMILES string of the molecule is COc1ccc(-c2n[nH]c3cc(C(=O)O)ccc23)cc1OC. The van der Waals surface area contributed by atoms with Crippen LogP contribution in [-0.4, -0.2) is 35.5 Å². The first-order chi connectivity index (χ1) is 10.6. The molecule has 6 heteroatoms. The second kappa shape index (κ2) is 5.40. The smallest absolute Gasteiger partial charge is 0.335 e. The minimum atomic E-state index is -0.968. The van der Waals surface area contributed by atoms with Gasteiger partial charge in [0.15, 0.2) is 11.5 Å². The zero-order valence-corrected chi connectivity index (χ0v) is 12.1. The topological polar surface area (TPSA) is 84.4 Å². The highest BCUT2D eigenvalue weighted by Gasteiger charge is 2.13. The third-order valence-corrected chi connectivity index (χ3v) is 3.47. The average Bonchev–Trinajstić information content (AvgIpc) is 2.97. The first kappa shape index (κ1) is 13.9. The number of aromatic amines is 1. The fourth-order valence-electron chi connectivity index (χ4n) is 2.36. The normalized spacial score (nSPS) is 10.6. The molecule has 1 aromatic heterocycles. The number of hydrogen-bond donors (Lipinski definition) is 2. The Hall–Kier alpha value is -3.02. The molecule has 2 aromatic carbocycles. The molecule has 0 aliphatic heterocycles. The molecule has 0 spiro atoms. The number of carboxylic acids is 1. The number of nitrogens with zero attached hydrogens (tertiary/aromatic N) is 1. The van der Waals surface area contributed by atoms with Gasteiger partial charge in [0, 0.05) is 10.9 Å². The molecule has 0 amide bonds. The van der Waals surface area contributed by atoms with E-state index in [0.29, 0.717) is 17.0 Å². The van der Waals surface area contributed by atoms with Crippen LogP contribution >= 0.6 is 0 Å². The van der Waals surface area contributed by atoms with E-state index in [1.165, 1.54) is 0 Å². The number of rotatable bonds is 4. The number of benzene rings is 2. The predicted molar refractivity (Wildman–Crippen MR) is 81.6 cm³/mol. The summed E-state index contributed by atoms with van der Waals surface area (Å²) < 4.78 is 10.5. The summed E-state index contributed by atoms with van der Waals surface area (Å²) in [6.45, 7) is 0. The summed E-state index contributed by atoms with van der Waals surface area (Å²) in [7, 11) is 3.15. The van der Waals surface area contributed by atoms with E-state index in [1.54, 1.807) is 38.5 Å². The second-order valence-electron chi connectivity index (χ2n) is 4.71. The van der Waals surface area contributed by atoms with Crippen LogP contribution in [0.1, 0.15) is 10.4 Å². The summed E-state index contributed by atoms with van der Waals surface area (Å²) in [6, 6.07) is 10.4. The molecular formula is C16H14N2O4. The van der Waals surface area contributed by atoms with Gasteiger partial charge in [0.2, 0.25) is 0 Å². The van der Waals surface area contributed by atoms with Crippen molar-refractivity contribution in [1.29, 1.82) is 0 Å². The molecule has 0 unspecified atom stereocenters. The molecule has 0 aliphatic carbocycles. The van der Waals surface area contributed by atoms with Crippen LogP contribution in [0.4, 0.5) is 0 Å². The molecule has 0 fully saturated rings. The van der Waals surface area contributed by atoms with Gasteiger partial charge in [-0.1, -0.05) is 0 Å². The molecule has 3 rings (SSSR count). The largest absolute Gasteiger partial charge is 0.493 e. The number of H-pyrrole nitrogens is 1. The summed E-state index contributed by atoms with van der Waals surface area (Å²) in [6.07, 6.45) is 0. The Morgan fingerprint density at radius 3 is 2.55 bits per heavy atom. The number of carboxylic acid groups (broad SMARTS) is 1. The van der Waals surface area contributed by atoms with Crippen LogP contribution < -0.4 is 9.47 Å². The van der Waals surface area contributed by atoms with E-state index >= 15 is 0 Å². The van der Waals surface area contributed by atoms with Gasteiger partial charge in [0.1, 0.15) is 5.69 Å². The first-order valence-corrected chi connectivity index (χ1v) is 6.58. The van der Waals surface area contributed by atoms with Gasteiger partial charge in [0.25, 0.3) is 0 Å². The minimum absolute atomic E-state index is 0.218. The fraction of sp³-hybridized carbons (Fsp3) is 0.125. The number of hydrogen-bond acceptors (Lipinski definition) is 4.